The first-order valence-electron chi connectivity index (χ1n) is 8.37. The Kier molecular flexibility index (Phi) is 6.22. The van der Waals surface area contributed by atoms with E-state index in [1.54, 1.807) is 19.1 Å². The van der Waals surface area contributed by atoms with Crippen LogP contribution < -0.4 is 10.6 Å². The molecule has 0 saturated heterocycles. The third-order valence-electron chi connectivity index (χ3n) is 3.96. The second-order valence-corrected chi connectivity index (χ2v) is 8.29. The highest BCUT2D eigenvalue weighted by Gasteiger charge is 2.32. The van der Waals surface area contributed by atoms with Crippen molar-refractivity contribution in [1.29, 1.82) is 0 Å². The first-order valence-corrected chi connectivity index (χ1v) is 9.91. The molecule has 0 radical (unpaired) electrons. The highest BCUT2D eigenvalue weighted by atomic mass is 32.2. The Balaban J connectivity index is 2.23. The Morgan fingerprint density at radius 3 is 2.22 bits per heavy atom. The summed E-state index contributed by atoms with van der Waals surface area (Å²) in [5.41, 5.74) is 1.34. The summed E-state index contributed by atoms with van der Waals surface area (Å²) in [5, 5.41) is 13.6. The topological polar surface area (TPSA) is 113 Å². The van der Waals surface area contributed by atoms with Gasteiger partial charge >= 0.3 is 0 Å². The van der Waals surface area contributed by atoms with E-state index in [4.69, 9.17) is 0 Å². The molecule has 0 saturated carbocycles. The van der Waals surface area contributed by atoms with E-state index in [0.717, 1.165) is 5.56 Å². The maximum absolute atomic E-state index is 12.8. The molecule has 0 heterocycles. The summed E-state index contributed by atoms with van der Waals surface area (Å²) >= 11 is 0. The minimum Gasteiger partial charge on any atom is -0.506 e. The molecule has 144 valence electrons. The van der Waals surface area contributed by atoms with Gasteiger partial charge in [-0.15, -0.1) is 0 Å². The van der Waals surface area contributed by atoms with E-state index in [-0.39, 0.29) is 34.3 Å². The van der Waals surface area contributed by atoms with E-state index in [1.807, 2.05) is 6.92 Å². The number of phenolic OH excluding ortho intramolecular Hbond substituents is 1. The van der Waals surface area contributed by atoms with Gasteiger partial charge in [0.1, 0.15) is 11.0 Å². The van der Waals surface area contributed by atoms with Gasteiger partial charge in [0.05, 0.1) is 10.6 Å². The summed E-state index contributed by atoms with van der Waals surface area (Å²) in [6, 6.07) is 10.4. The zero-order valence-electron chi connectivity index (χ0n) is 15.3. The fourth-order valence-electron chi connectivity index (χ4n) is 2.57. The van der Waals surface area contributed by atoms with E-state index in [9.17, 15) is 23.1 Å². The molecular formula is C19H22N2O5S. The van der Waals surface area contributed by atoms with Gasteiger partial charge in [0.25, 0.3) is 0 Å². The van der Waals surface area contributed by atoms with Crippen molar-refractivity contribution in [2.45, 2.75) is 37.3 Å². The summed E-state index contributed by atoms with van der Waals surface area (Å²) in [6.07, 6.45) is 0.0952. The van der Waals surface area contributed by atoms with Gasteiger partial charge in [-0.2, -0.15) is 0 Å². The number of rotatable bonds is 6. The van der Waals surface area contributed by atoms with Crippen LogP contribution >= 0.6 is 0 Å². The predicted molar refractivity (Wildman–Crippen MR) is 103 cm³/mol. The predicted octanol–water partition coefficient (Wildman–Crippen LogP) is 2.85. The van der Waals surface area contributed by atoms with Crippen molar-refractivity contribution in [3.63, 3.8) is 0 Å². The highest BCUT2D eigenvalue weighted by Crippen LogP contribution is 2.27. The van der Waals surface area contributed by atoms with Crippen molar-refractivity contribution in [2.24, 2.45) is 0 Å². The largest absolute Gasteiger partial charge is 0.506 e. The number of anilines is 2. The summed E-state index contributed by atoms with van der Waals surface area (Å²) in [5.74, 6) is -1.28. The molecule has 27 heavy (non-hydrogen) atoms. The zero-order chi connectivity index (χ0) is 20.2. The number of carbonyl (C=O) groups excluding carboxylic acids is 2. The lowest BCUT2D eigenvalue weighted by Crippen LogP contribution is -2.34. The van der Waals surface area contributed by atoms with Gasteiger partial charge in [-0.05, 0) is 37.6 Å². The van der Waals surface area contributed by atoms with Gasteiger partial charge in [0, 0.05) is 18.7 Å². The van der Waals surface area contributed by atoms with Crippen LogP contribution in [-0.2, 0) is 19.4 Å². The Bertz CT molecular complexity index is 953. The number of aromatic hydroxyl groups is 1. The van der Waals surface area contributed by atoms with Crippen LogP contribution in [0.15, 0.2) is 47.4 Å². The monoisotopic (exact) mass is 390 g/mol. The van der Waals surface area contributed by atoms with Crippen molar-refractivity contribution >= 4 is 33.0 Å². The number of nitrogens with one attached hydrogen (secondary N) is 2. The number of amides is 2. The number of hydrogen-bond acceptors (Lipinski definition) is 5. The molecule has 1 unspecified atom stereocenters. The van der Waals surface area contributed by atoms with Crippen LogP contribution in [0.3, 0.4) is 0 Å². The fraction of sp³-hybridized carbons (Fsp3) is 0.263. The number of carbonyl (C=O) groups is 2. The van der Waals surface area contributed by atoms with Gasteiger partial charge in [0.2, 0.25) is 11.8 Å². The average Bonchev–Trinajstić information content (AvgIpc) is 2.57. The molecule has 0 aromatic heterocycles. The second-order valence-electron chi connectivity index (χ2n) is 6.16. The van der Waals surface area contributed by atoms with Gasteiger partial charge in [-0.25, -0.2) is 8.42 Å². The lowest BCUT2D eigenvalue weighted by Gasteiger charge is -2.17. The lowest BCUT2D eigenvalue weighted by atomic mass is 10.2. The molecule has 0 bridgehead atoms. The van der Waals surface area contributed by atoms with E-state index in [0.29, 0.717) is 0 Å². The highest BCUT2D eigenvalue weighted by molar-refractivity contribution is 7.92. The van der Waals surface area contributed by atoms with E-state index >= 15 is 0 Å². The van der Waals surface area contributed by atoms with Crippen LogP contribution in [0.2, 0.25) is 0 Å². The number of benzene rings is 2. The molecular weight excluding hydrogens is 368 g/mol. The molecule has 0 fully saturated rings. The molecule has 2 aromatic rings. The van der Waals surface area contributed by atoms with Crippen LogP contribution in [0.4, 0.5) is 11.4 Å². The third kappa shape index (κ3) is 4.85. The molecule has 3 N–H and O–H groups in total. The molecule has 2 rings (SSSR count). The average molecular weight is 390 g/mol. The molecule has 1 atom stereocenters. The summed E-state index contributed by atoms with van der Waals surface area (Å²) in [7, 11) is -3.85. The van der Waals surface area contributed by atoms with E-state index in [1.165, 1.54) is 37.3 Å². The number of phenols is 1. The Labute approximate surface area is 158 Å². The van der Waals surface area contributed by atoms with Crippen LogP contribution in [-0.4, -0.2) is 30.6 Å². The van der Waals surface area contributed by atoms with Gasteiger partial charge in [-0.1, -0.05) is 24.6 Å². The summed E-state index contributed by atoms with van der Waals surface area (Å²) < 4.78 is 25.6. The smallest absolute Gasteiger partial charge is 0.243 e. The molecule has 8 heteroatoms. The first kappa shape index (κ1) is 20.4. The molecule has 2 amide bonds. The normalized spacial score (nSPS) is 12.3. The maximum atomic E-state index is 12.8. The molecule has 2 aromatic carbocycles. The SMILES string of the molecule is CCC(C(=O)Nc1ccc(NC(C)=O)c(O)c1)S(=O)(=O)c1ccc(C)cc1. The molecule has 7 nitrogen and oxygen atoms in total. The Morgan fingerprint density at radius 1 is 1.07 bits per heavy atom. The van der Waals surface area contributed by atoms with Crippen molar-refractivity contribution in [3.8, 4) is 5.75 Å². The number of hydrogen-bond donors (Lipinski definition) is 3. The molecule has 0 aliphatic rings. The first-order chi connectivity index (χ1) is 12.6. The van der Waals surface area contributed by atoms with E-state index in [2.05, 4.69) is 10.6 Å². The third-order valence-corrected chi connectivity index (χ3v) is 6.19. The minimum atomic E-state index is -3.85. The van der Waals surface area contributed by atoms with Crippen LogP contribution in [0.25, 0.3) is 0 Å². The molecule has 0 aliphatic heterocycles. The Morgan fingerprint density at radius 2 is 1.70 bits per heavy atom. The van der Waals surface area contributed by atoms with Gasteiger partial charge in [0.15, 0.2) is 9.84 Å². The van der Waals surface area contributed by atoms with Crippen molar-refractivity contribution < 1.29 is 23.1 Å². The van der Waals surface area contributed by atoms with Crippen LogP contribution in [0.5, 0.6) is 5.75 Å². The van der Waals surface area contributed by atoms with Gasteiger partial charge < -0.3 is 15.7 Å². The number of aryl methyl sites for hydroxylation is 1. The quantitative estimate of drug-likeness (QED) is 0.657. The molecule has 0 aliphatic carbocycles. The number of sulfone groups is 1. The van der Waals surface area contributed by atoms with Crippen molar-refractivity contribution in [2.75, 3.05) is 10.6 Å². The lowest BCUT2D eigenvalue weighted by molar-refractivity contribution is -0.116. The van der Waals surface area contributed by atoms with Gasteiger partial charge in [-0.3, -0.25) is 9.59 Å². The van der Waals surface area contributed by atoms with Crippen LogP contribution in [0.1, 0.15) is 25.8 Å². The van der Waals surface area contributed by atoms with Crippen LogP contribution in [0, 0.1) is 6.92 Å². The fourth-order valence-corrected chi connectivity index (χ4v) is 4.19. The molecule has 0 spiro atoms. The zero-order valence-corrected chi connectivity index (χ0v) is 16.1. The Hall–Kier alpha value is -2.87. The van der Waals surface area contributed by atoms with Crippen molar-refractivity contribution in [3.05, 3.63) is 48.0 Å². The van der Waals surface area contributed by atoms with E-state index < -0.39 is 21.0 Å². The summed E-state index contributed by atoms with van der Waals surface area (Å²) in [4.78, 5) is 23.7. The second kappa shape index (κ2) is 8.22. The van der Waals surface area contributed by atoms with Crippen molar-refractivity contribution in [1.82, 2.24) is 0 Å². The standard InChI is InChI=1S/C19H22N2O5S/c1-4-18(27(25,26)15-8-5-12(2)6-9-15)19(24)21-14-7-10-16(17(23)11-14)20-13(3)22/h5-11,18,23H,4H2,1-3H3,(H,20,22)(H,21,24). The summed E-state index contributed by atoms with van der Waals surface area (Å²) in [6.45, 7) is 4.77. The minimum absolute atomic E-state index is 0.0824. The maximum Gasteiger partial charge on any atom is 0.243 e.